The first kappa shape index (κ1) is 12.4. The smallest absolute Gasteiger partial charge is 0.219 e. The number of hydrogen-bond donors (Lipinski definition) is 1. The van der Waals surface area contributed by atoms with Gasteiger partial charge in [0.2, 0.25) is 5.88 Å². The topological polar surface area (TPSA) is 51.6 Å². The molecule has 0 saturated carbocycles. The van der Waals surface area contributed by atoms with Crippen LogP contribution in [0, 0.1) is 0 Å². The normalized spacial score (nSPS) is 11.9. The van der Waals surface area contributed by atoms with Gasteiger partial charge in [0, 0.05) is 12.3 Å². The molecule has 0 aliphatic carbocycles. The van der Waals surface area contributed by atoms with Gasteiger partial charge in [0.15, 0.2) is 11.5 Å². The summed E-state index contributed by atoms with van der Waals surface area (Å²) < 4.78 is 10.8. The summed E-state index contributed by atoms with van der Waals surface area (Å²) in [6, 6.07) is 10.9. The maximum Gasteiger partial charge on any atom is 0.219 e. The van der Waals surface area contributed by atoms with Gasteiger partial charge >= 0.3 is 0 Å². The van der Waals surface area contributed by atoms with Crippen LogP contribution in [0.4, 0.5) is 0 Å². The molecule has 1 aromatic carbocycles. The van der Waals surface area contributed by atoms with E-state index in [1.54, 1.807) is 32.4 Å². The number of rotatable bonds is 4. The Morgan fingerprint density at radius 2 is 1.83 bits per heavy atom. The summed E-state index contributed by atoms with van der Waals surface area (Å²) in [5.74, 6) is 1.72. The summed E-state index contributed by atoms with van der Waals surface area (Å²) in [7, 11) is 1.59. The molecule has 1 atom stereocenters. The highest BCUT2D eigenvalue weighted by Gasteiger charge is 2.06. The van der Waals surface area contributed by atoms with E-state index < -0.39 is 6.10 Å². The number of aromatic nitrogens is 1. The molecule has 4 nitrogen and oxygen atoms in total. The molecule has 0 aliphatic rings. The molecule has 2 aromatic rings. The molecule has 4 heteroatoms. The van der Waals surface area contributed by atoms with Crippen LogP contribution in [0.5, 0.6) is 17.4 Å². The fourth-order valence-corrected chi connectivity index (χ4v) is 1.52. The Morgan fingerprint density at radius 3 is 2.39 bits per heavy atom. The average Bonchev–Trinajstić information content (AvgIpc) is 2.40. The van der Waals surface area contributed by atoms with Crippen LogP contribution in [0.15, 0.2) is 42.6 Å². The molecule has 1 N–H and O–H groups in total. The van der Waals surface area contributed by atoms with Gasteiger partial charge in [0.1, 0.15) is 0 Å². The number of nitrogens with zero attached hydrogens (tertiary/aromatic N) is 1. The highest BCUT2D eigenvalue weighted by molar-refractivity contribution is 5.41. The Hall–Kier alpha value is -2.07. The van der Waals surface area contributed by atoms with Crippen molar-refractivity contribution in [1.82, 2.24) is 4.98 Å². The molecular weight excluding hydrogens is 230 g/mol. The Morgan fingerprint density at radius 1 is 1.11 bits per heavy atom. The minimum atomic E-state index is -0.530. The van der Waals surface area contributed by atoms with E-state index in [-0.39, 0.29) is 0 Å². The van der Waals surface area contributed by atoms with Crippen molar-refractivity contribution in [2.24, 2.45) is 0 Å². The quantitative estimate of drug-likeness (QED) is 0.899. The molecule has 94 valence electrons. The predicted octanol–water partition coefficient (Wildman–Crippen LogP) is 2.94. The number of hydrogen-bond acceptors (Lipinski definition) is 4. The maximum atomic E-state index is 9.39. The fourth-order valence-electron chi connectivity index (χ4n) is 1.52. The van der Waals surface area contributed by atoms with Crippen molar-refractivity contribution >= 4 is 0 Å². The summed E-state index contributed by atoms with van der Waals surface area (Å²) in [5, 5.41) is 9.39. The molecular formula is C14H15NO3. The predicted molar refractivity (Wildman–Crippen MR) is 67.9 cm³/mol. The van der Waals surface area contributed by atoms with Crippen LogP contribution in [0.3, 0.4) is 0 Å². The fraction of sp³-hybridized carbons (Fsp3) is 0.214. The molecule has 2 rings (SSSR count). The number of ether oxygens (including phenoxy) is 2. The van der Waals surface area contributed by atoms with Crippen molar-refractivity contribution in [2.45, 2.75) is 13.0 Å². The third-order valence-corrected chi connectivity index (χ3v) is 2.53. The summed E-state index contributed by atoms with van der Waals surface area (Å²) in [5.41, 5.74) is 0.752. The lowest BCUT2D eigenvalue weighted by atomic mass is 10.2. The van der Waals surface area contributed by atoms with Crippen molar-refractivity contribution in [3.05, 3.63) is 48.2 Å². The first-order chi connectivity index (χ1) is 8.70. The zero-order valence-corrected chi connectivity index (χ0v) is 10.3. The largest absolute Gasteiger partial charge is 0.493 e. The molecule has 0 radical (unpaired) electrons. The van der Waals surface area contributed by atoms with Gasteiger partial charge in [0.25, 0.3) is 0 Å². The van der Waals surface area contributed by atoms with Crippen molar-refractivity contribution < 1.29 is 14.6 Å². The second-order valence-electron chi connectivity index (χ2n) is 3.86. The Kier molecular flexibility index (Phi) is 3.79. The van der Waals surface area contributed by atoms with Gasteiger partial charge in [-0.25, -0.2) is 4.98 Å². The van der Waals surface area contributed by atoms with Crippen molar-refractivity contribution in [3.63, 3.8) is 0 Å². The second-order valence-corrected chi connectivity index (χ2v) is 3.86. The van der Waals surface area contributed by atoms with Crippen LogP contribution in [-0.2, 0) is 0 Å². The van der Waals surface area contributed by atoms with Gasteiger partial charge in [-0.2, -0.15) is 0 Å². The number of aliphatic hydroxyl groups is 1. The minimum Gasteiger partial charge on any atom is -0.493 e. The number of benzene rings is 1. The summed E-state index contributed by atoms with van der Waals surface area (Å²) >= 11 is 0. The Labute approximate surface area is 106 Å². The highest BCUT2D eigenvalue weighted by Crippen LogP contribution is 2.30. The average molecular weight is 245 g/mol. The molecule has 1 aromatic heterocycles. The van der Waals surface area contributed by atoms with E-state index in [2.05, 4.69) is 4.98 Å². The number of pyridine rings is 1. The van der Waals surface area contributed by atoms with Crippen LogP contribution in [-0.4, -0.2) is 17.2 Å². The van der Waals surface area contributed by atoms with Crippen molar-refractivity contribution in [1.29, 1.82) is 0 Å². The van der Waals surface area contributed by atoms with E-state index in [9.17, 15) is 5.11 Å². The van der Waals surface area contributed by atoms with Gasteiger partial charge in [0.05, 0.1) is 13.2 Å². The van der Waals surface area contributed by atoms with E-state index in [0.29, 0.717) is 17.4 Å². The number of methoxy groups -OCH3 is 1. The van der Waals surface area contributed by atoms with Crippen molar-refractivity contribution in [3.8, 4) is 17.4 Å². The Bertz CT molecular complexity index is 509. The molecule has 1 heterocycles. The van der Waals surface area contributed by atoms with E-state index in [1.165, 1.54) is 0 Å². The van der Waals surface area contributed by atoms with Gasteiger partial charge in [-0.1, -0.05) is 12.1 Å². The van der Waals surface area contributed by atoms with E-state index in [4.69, 9.17) is 9.47 Å². The van der Waals surface area contributed by atoms with E-state index in [0.717, 1.165) is 5.56 Å². The van der Waals surface area contributed by atoms with Crippen LogP contribution < -0.4 is 9.47 Å². The van der Waals surface area contributed by atoms with Crippen LogP contribution >= 0.6 is 0 Å². The lowest BCUT2D eigenvalue weighted by molar-refractivity contribution is 0.198. The first-order valence-corrected chi connectivity index (χ1v) is 5.65. The SMILES string of the molecule is COc1ccccc1Oc1ccc([C@@H](C)O)cn1. The van der Waals surface area contributed by atoms with Crippen LogP contribution in [0.25, 0.3) is 0 Å². The summed E-state index contributed by atoms with van der Waals surface area (Å²) in [6.07, 6.45) is 1.06. The second kappa shape index (κ2) is 5.51. The van der Waals surface area contributed by atoms with E-state index >= 15 is 0 Å². The Balaban J connectivity index is 2.18. The monoisotopic (exact) mass is 245 g/mol. The van der Waals surface area contributed by atoms with Crippen molar-refractivity contribution in [2.75, 3.05) is 7.11 Å². The number of para-hydroxylation sites is 2. The summed E-state index contributed by atoms with van der Waals surface area (Å²) in [4.78, 5) is 4.13. The summed E-state index contributed by atoms with van der Waals surface area (Å²) in [6.45, 7) is 1.69. The van der Waals surface area contributed by atoms with Crippen LogP contribution in [0.1, 0.15) is 18.6 Å². The molecule has 0 saturated heterocycles. The first-order valence-electron chi connectivity index (χ1n) is 5.65. The molecule has 0 spiro atoms. The molecule has 18 heavy (non-hydrogen) atoms. The molecule has 0 fully saturated rings. The molecule has 0 aliphatic heterocycles. The molecule has 0 amide bonds. The van der Waals surface area contributed by atoms with Gasteiger partial charge in [-0.05, 0) is 30.7 Å². The van der Waals surface area contributed by atoms with E-state index in [1.807, 2.05) is 24.3 Å². The standard InChI is InChI=1S/C14H15NO3/c1-10(16)11-7-8-14(15-9-11)18-13-6-4-3-5-12(13)17-2/h3-10,16H,1-2H3/t10-/m1/s1. The third-order valence-electron chi connectivity index (χ3n) is 2.53. The lowest BCUT2D eigenvalue weighted by Crippen LogP contribution is -1.95. The minimum absolute atomic E-state index is 0.462. The number of aliphatic hydroxyl groups excluding tert-OH is 1. The lowest BCUT2D eigenvalue weighted by Gasteiger charge is -2.10. The van der Waals surface area contributed by atoms with Gasteiger partial charge in [-0.3, -0.25) is 0 Å². The highest BCUT2D eigenvalue weighted by atomic mass is 16.5. The maximum absolute atomic E-state index is 9.39. The third kappa shape index (κ3) is 2.78. The van der Waals surface area contributed by atoms with Crippen LogP contribution in [0.2, 0.25) is 0 Å². The zero-order chi connectivity index (χ0) is 13.0. The van der Waals surface area contributed by atoms with Gasteiger partial charge < -0.3 is 14.6 Å². The zero-order valence-electron chi connectivity index (χ0n) is 10.3. The molecule has 0 bridgehead atoms. The molecule has 0 unspecified atom stereocenters. The van der Waals surface area contributed by atoms with Gasteiger partial charge in [-0.15, -0.1) is 0 Å².